The van der Waals surface area contributed by atoms with Gasteiger partial charge in [-0.25, -0.2) is 0 Å². The standard InChI is InChI=1S/C15H22O/c1-5-14(16)10(2)9-15(4)11(3)12-6-7-13(15)8-12/h9,12-13H,3,5-8H2,1-2,4H3. The molecule has 0 aromatic rings. The van der Waals surface area contributed by atoms with Crippen LogP contribution in [-0.4, -0.2) is 5.78 Å². The second kappa shape index (κ2) is 3.87. The van der Waals surface area contributed by atoms with Crippen molar-refractivity contribution in [2.45, 2.75) is 46.5 Å². The Morgan fingerprint density at radius 3 is 2.75 bits per heavy atom. The van der Waals surface area contributed by atoms with Crippen LogP contribution in [0.15, 0.2) is 23.8 Å². The van der Waals surface area contributed by atoms with Gasteiger partial charge in [0.25, 0.3) is 0 Å². The summed E-state index contributed by atoms with van der Waals surface area (Å²) in [7, 11) is 0. The van der Waals surface area contributed by atoms with Gasteiger partial charge in [-0.3, -0.25) is 4.79 Å². The normalized spacial score (nSPS) is 38.2. The summed E-state index contributed by atoms with van der Waals surface area (Å²) in [5.41, 5.74) is 2.39. The Hall–Kier alpha value is -0.850. The minimum Gasteiger partial charge on any atom is -0.295 e. The summed E-state index contributed by atoms with van der Waals surface area (Å²) >= 11 is 0. The molecule has 2 bridgehead atoms. The highest BCUT2D eigenvalue weighted by Crippen LogP contribution is 2.59. The van der Waals surface area contributed by atoms with Crippen LogP contribution in [0.5, 0.6) is 0 Å². The van der Waals surface area contributed by atoms with Crippen molar-refractivity contribution in [3.05, 3.63) is 23.8 Å². The number of hydrogen-bond acceptors (Lipinski definition) is 1. The molecule has 0 aromatic heterocycles. The zero-order valence-corrected chi connectivity index (χ0v) is 10.7. The molecule has 3 unspecified atom stereocenters. The van der Waals surface area contributed by atoms with Gasteiger partial charge in [0, 0.05) is 11.8 Å². The van der Waals surface area contributed by atoms with E-state index in [-0.39, 0.29) is 11.2 Å². The maximum atomic E-state index is 11.7. The van der Waals surface area contributed by atoms with Gasteiger partial charge in [0.1, 0.15) is 0 Å². The second-order valence-corrected chi connectivity index (χ2v) is 5.62. The Balaban J connectivity index is 2.27. The number of hydrogen-bond donors (Lipinski definition) is 0. The highest BCUT2D eigenvalue weighted by atomic mass is 16.1. The first-order chi connectivity index (χ1) is 7.49. The van der Waals surface area contributed by atoms with Crippen LogP contribution in [0.1, 0.15) is 46.5 Å². The van der Waals surface area contributed by atoms with Crippen LogP contribution < -0.4 is 0 Å². The van der Waals surface area contributed by atoms with Crippen LogP contribution in [0.2, 0.25) is 0 Å². The van der Waals surface area contributed by atoms with E-state index in [1.165, 1.54) is 24.8 Å². The lowest BCUT2D eigenvalue weighted by Crippen LogP contribution is -2.24. The number of ketones is 1. The molecule has 2 aliphatic carbocycles. The first-order valence-corrected chi connectivity index (χ1v) is 6.41. The molecular formula is C15H22O. The molecule has 3 atom stereocenters. The Kier molecular flexibility index (Phi) is 2.81. The minimum atomic E-state index is 0.0951. The van der Waals surface area contributed by atoms with Gasteiger partial charge in [-0.1, -0.05) is 32.1 Å². The molecular weight excluding hydrogens is 196 g/mol. The molecule has 0 spiro atoms. The van der Waals surface area contributed by atoms with Crippen LogP contribution in [0.3, 0.4) is 0 Å². The Bertz CT molecular complexity index is 364. The van der Waals surface area contributed by atoms with Gasteiger partial charge in [0.15, 0.2) is 5.78 Å². The lowest BCUT2D eigenvalue weighted by Gasteiger charge is -2.33. The first-order valence-electron chi connectivity index (χ1n) is 6.41. The number of carbonyl (C=O) groups is 1. The maximum Gasteiger partial charge on any atom is 0.158 e. The van der Waals surface area contributed by atoms with Crippen molar-refractivity contribution in [3.8, 4) is 0 Å². The Labute approximate surface area is 98.6 Å². The van der Waals surface area contributed by atoms with Gasteiger partial charge in [-0.15, -0.1) is 0 Å². The van der Waals surface area contributed by atoms with Crippen LogP contribution in [0.25, 0.3) is 0 Å². The highest BCUT2D eigenvalue weighted by Gasteiger charge is 2.49. The highest BCUT2D eigenvalue weighted by molar-refractivity contribution is 5.94. The average molecular weight is 218 g/mol. The fourth-order valence-electron chi connectivity index (χ4n) is 3.56. The van der Waals surface area contributed by atoms with E-state index in [9.17, 15) is 4.79 Å². The minimum absolute atomic E-state index is 0.0951. The first kappa shape index (κ1) is 11.6. The molecule has 2 saturated carbocycles. The number of carbonyl (C=O) groups excluding carboxylic acids is 1. The molecule has 2 aliphatic rings. The number of rotatable bonds is 3. The van der Waals surface area contributed by atoms with Gasteiger partial charge in [-0.2, -0.15) is 0 Å². The molecule has 16 heavy (non-hydrogen) atoms. The third-order valence-electron chi connectivity index (χ3n) is 4.74. The molecule has 0 aromatic carbocycles. The van der Waals surface area contributed by atoms with Crippen LogP contribution in [-0.2, 0) is 4.79 Å². The van der Waals surface area contributed by atoms with Crippen LogP contribution >= 0.6 is 0 Å². The van der Waals surface area contributed by atoms with Crippen molar-refractivity contribution in [2.24, 2.45) is 17.3 Å². The topological polar surface area (TPSA) is 17.1 Å². The predicted molar refractivity (Wildman–Crippen MR) is 67.1 cm³/mol. The summed E-state index contributed by atoms with van der Waals surface area (Å²) in [4.78, 5) is 11.7. The smallest absolute Gasteiger partial charge is 0.158 e. The number of allylic oxidation sites excluding steroid dienone is 3. The van der Waals surface area contributed by atoms with E-state index in [1.807, 2.05) is 13.8 Å². The van der Waals surface area contributed by atoms with Gasteiger partial charge in [0.2, 0.25) is 0 Å². The monoisotopic (exact) mass is 218 g/mol. The molecule has 1 nitrogen and oxygen atoms in total. The molecule has 88 valence electrons. The van der Waals surface area contributed by atoms with Gasteiger partial charge in [0.05, 0.1) is 0 Å². The van der Waals surface area contributed by atoms with E-state index in [2.05, 4.69) is 19.6 Å². The van der Waals surface area contributed by atoms with E-state index < -0.39 is 0 Å². The van der Waals surface area contributed by atoms with Crippen molar-refractivity contribution in [2.75, 3.05) is 0 Å². The summed E-state index contributed by atoms with van der Waals surface area (Å²) in [5, 5.41) is 0. The molecule has 0 heterocycles. The molecule has 2 rings (SSSR count). The van der Waals surface area contributed by atoms with Gasteiger partial charge in [-0.05, 0) is 43.6 Å². The third kappa shape index (κ3) is 1.57. The van der Waals surface area contributed by atoms with Crippen LogP contribution in [0, 0.1) is 17.3 Å². The fraction of sp³-hybridized carbons (Fsp3) is 0.667. The summed E-state index contributed by atoms with van der Waals surface area (Å²) < 4.78 is 0. The molecule has 0 aliphatic heterocycles. The predicted octanol–water partition coefficient (Wildman–Crippen LogP) is 3.90. The van der Waals surface area contributed by atoms with Crippen molar-refractivity contribution in [1.82, 2.24) is 0 Å². The average Bonchev–Trinajstić information content (AvgIpc) is 2.82. The number of Topliss-reactive ketones (excluding diaryl/α,β-unsaturated/α-hetero) is 1. The summed E-state index contributed by atoms with van der Waals surface area (Å²) in [5.74, 6) is 1.72. The van der Waals surface area contributed by atoms with E-state index in [0.29, 0.717) is 6.42 Å². The van der Waals surface area contributed by atoms with Crippen molar-refractivity contribution >= 4 is 5.78 Å². The zero-order chi connectivity index (χ0) is 11.9. The molecule has 0 amide bonds. The summed E-state index contributed by atoms with van der Waals surface area (Å²) in [6.07, 6.45) is 6.72. The Morgan fingerprint density at radius 2 is 2.25 bits per heavy atom. The van der Waals surface area contributed by atoms with Crippen LogP contribution in [0.4, 0.5) is 0 Å². The van der Waals surface area contributed by atoms with Gasteiger partial charge >= 0.3 is 0 Å². The quantitative estimate of drug-likeness (QED) is 0.518. The lowest BCUT2D eigenvalue weighted by atomic mass is 9.70. The van der Waals surface area contributed by atoms with E-state index >= 15 is 0 Å². The zero-order valence-electron chi connectivity index (χ0n) is 10.7. The fourth-order valence-corrected chi connectivity index (χ4v) is 3.56. The largest absolute Gasteiger partial charge is 0.295 e. The van der Waals surface area contributed by atoms with Crippen molar-refractivity contribution in [3.63, 3.8) is 0 Å². The summed E-state index contributed by atoms with van der Waals surface area (Å²) in [6.45, 7) is 10.4. The Morgan fingerprint density at radius 1 is 1.56 bits per heavy atom. The second-order valence-electron chi connectivity index (χ2n) is 5.62. The molecule has 0 saturated heterocycles. The van der Waals surface area contributed by atoms with E-state index in [0.717, 1.165) is 17.4 Å². The van der Waals surface area contributed by atoms with E-state index in [4.69, 9.17) is 0 Å². The number of fused-ring (bicyclic) bond motifs is 2. The van der Waals surface area contributed by atoms with E-state index in [1.54, 1.807) is 0 Å². The molecule has 0 radical (unpaired) electrons. The maximum absolute atomic E-state index is 11.7. The third-order valence-corrected chi connectivity index (χ3v) is 4.74. The molecule has 0 N–H and O–H groups in total. The van der Waals surface area contributed by atoms with Crippen molar-refractivity contribution < 1.29 is 4.79 Å². The van der Waals surface area contributed by atoms with Gasteiger partial charge < -0.3 is 0 Å². The van der Waals surface area contributed by atoms with Crippen molar-refractivity contribution in [1.29, 1.82) is 0 Å². The SMILES string of the molecule is C=C1C2CCC(C2)C1(C)C=C(C)C(=O)CC. The molecule has 2 fully saturated rings. The summed E-state index contributed by atoms with van der Waals surface area (Å²) in [6, 6.07) is 0. The lowest BCUT2D eigenvalue weighted by molar-refractivity contribution is -0.115. The molecule has 1 heteroatoms.